The third-order valence-electron chi connectivity index (χ3n) is 7.73. The summed E-state index contributed by atoms with van der Waals surface area (Å²) in [6.07, 6.45) is 4.24. The molecule has 0 fully saturated rings. The molecule has 2 amide bonds. The second kappa shape index (κ2) is 15.0. The molecule has 0 atom stereocenters. The summed E-state index contributed by atoms with van der Waals surface area (Å²) in [7, 11) is 4.13. The Morgan fingerprint density at radius 1 is 0.932 bits per heavy atom. The molecule has 2 aromatic carbocycles. The minimum absolute atomic E-state index is 0.146. The van der Waals surface area contributed by atoms with Gasteiger partial charge in [0.2, 0.25) is 0 Å². The van der Waals surface area contributed by atoms with E-state index in [4.69, 9.17) is 4.74 Å². The summed E-state index contributed by atoms with van der Waals surface area (Å²) >= 11 is 0. The first-order valence-electron chi connectivity index (χ1n) is 15.7. The van der Waals surface area contributed by atoms with E-state index in [-0.39, 0.29) is 23.4 Å². The number of aromatic amines is 1. The zero-order valence-corrected chi connectivity index (χ0v) is 27.2. The van der Waals surface area contributed by atoms with Crippen LogP contribution in [0.25, 0.3) is 22.2 Å². The molecular formula is C36H47N5O3. The molecule has 44 heavy (non-hydrogen) atoms. The maximum absolute atomic E-state index is 14.1. The van der Waals surface area contributed by atoms with E-state index in [0.29, 0.717) is 24.5 Å². The molecule has 2 N–H and O–H groups in total. The van der Waals surface area contributed by atoms with Crippen molar-refractivity contribution in [2.45, 2.75) is 65.7 Å². The van der Waals surface area contributed by atoms with Gasteiger partial charge in [0, 0.05) is 30.4 Å². The molecule has 8 heteroatoms. The molecule has 0 aliphatic rings. The fourth-order valence-corrected chi connectivity index (χ4v) is 5.29. The SMILES string of the molecule is CCCCN(C(=O)Nc1c(C(C)C)cc(-c2cccc(OCCCN(C)C)c2)cc1C(C)C)c1cc2cccnc2[nH]c1=O. The number of unbranched alkanes of at least 4 members (excludes halogenated alkanes) is 1. The Kier molecular flexibility index (Phi) is 11.2. The van der Waals surface area contributed by atoms with Crippen molar-refractivity contribution < 1.29 is 9.53 Å². The van der Waals surface area contributed by atoms with Crippen LogP contribution in [0.5, 0.6) is 5.75 Å². The van der Waals surface area contributed by atoms with Crippen molar-refractivity contribution in [1.29, 1.82) is 0 Å². The molecule has 234 valence electrons. The lowest BCUT2D eigenvalue weighted by Crippen LogP contribution is -2.39. The number of ether oxygens (including phenoxy) is 1. The molecule has 2 heterocycles. The van der Waals surface area contributed by atoms with Crippen LogP contribution in [-0.4, -0.2) is 54.7 Å². The lowest BCUT2D eigenvalue weighted by molar-refractivity contribution is 0.256. The number of anilines is 2. The number of hydrogen-bond donors (Lipinski definition) is 2. The van der Waals surface area contributed by atoms with Gasteiger partial charge in [-0.05, 0) is 103 Å². The van der Waals surface area contributed by atoms with Gasteiger partial charge in [0.15, 0.2) is 0 Å². The highest BCUT2D eigenvalue weighted by Gasteiger charge is 2.24. The molecule has 2 aromatic heterocycles. The maximum Gasteiger partial charge on any atom is 0.326 e. The number of H-pyrrole nitrogens is 1. The van der Waals surface area contributed by atoms with E-state index in [1.165, 1.54) is 0 Å². The number of urea groups is 1. The van der Waals surface area contributed by atoms with Crippen molar-refractivity contribution in [3.05, 3.63) is 82.3 Å². The minimum Gasteiger partial charge on any atom is -0.494 e. The molecule has 0 bridgehead atoms. The molecule has 0 aliphatic carbocycles. The van der Waals surface area contributed by atoms with Crippen molar-refractivity contribution in [3.8, 4) is 16.9 Å². The number of rotatable bonds is 13. The number of carbonyl (C=O) groups excluding carboxylic acids is 1. The molecule has 4 aromatic rings. The zero-order chi connectivity index (χ0) is 31.8. The van der Waals surface area contributed by atoms with Crippen LogP contribution in [0.1, 0.15) is 76.8 Å². The van der Waals surface area contributed by atoms with E-state index in [2.05, 4.69) is 93.2 Å². The number of nitrogens with one attached hydrogen (secondary N) is 2. The van der Waals surface area contributed by atoms with Crippen LogP contribution in [-0.2, 0) is 0 Å². The van der Waals surface area contributed by atoms with E-state index >= 15 is 0 Å². The zero-order valence-electron chi connectivity index (χ0n) is 27.2. The van der Waals surface area contributed by atoms with Crippen molar-refractivity contribution in [2.24, 2.45) is 0 Å². The van der Waals surface area contributed by atoms with Gasteiger partial charge in [-0.25, -0.2) is 9.78 Å². The van der Waals surface area contributed by atoms with Crippen molar-refractivity contribution in [1.82, 2.24) is 14.9 Å². The highest BCUT2D eigenvalue weighted by Crippen LogP contribution is 2.38. The summed E-state index contributed by atoms with van der Waals surface area (Å²) in [6, 6.07) is 17.7. The van der Waals surface area contributed by atoms with Gasteiger partial charge in [-0.2, -0.15) is 0 Å². The molecule has 0 unspecified atom stereocenters. The van der Waals surface area contributed by atoms with Gasteiger partial charge in [-0.3, -0.25) is 9.69 Å². The van der Waals surface area contributed by atoms with Crippen LogP contribution in [0.4, 0.5) is 16.2 Å². The average Bonchev–Trinajstić information content (AvgIpc) is 2.99. The summed E-state index contributed by atoms with van der Waals surface area (Å²) in [6.45, 7) is 12.7. The number of hydrogen-bond acceptors (Lipinski definition) is 5. The second-order valence-corrected chi connectivity index (χ2v) is 12.2. The summed E-state index contributed by atoms with van der Waals surface area (Å²) in [5.41, 5.74) is 5.52. The Balaban J connectivity index is 1.70. The summed E-state index contributed by atoms with van der Waals surface area (Å²) < 4.78 is 6.07. The second-order valence-electron chi connectivity index (χ2n) is 12.2. The fourth-order valence-electron chi connectivity index (χ4n) is 5.29. The Hall–Kier alpha value is -4.17. The van der Waals surface area contributed by atoms with Gasteiger partial charge in [-0.15, -0.1) is 0 Å². The highest BCUT2D eigenvalue weighted by atomic mass is 16.5. The van der Waals surface area contributed by atoms with E-state index < -0.39 is 0 Å². The number of fused-ring (bicyclic) bond motifs is 1. The smallest absolute Gasteiger partial charge is 0.326 e. The van der Waals surface area contributed by atoms with Gasteiger partial charge in [0.25, 0.3) is 5.56 Å². The molecule has 0 spiro atoms. The van der Waals surface area contributed by atoms with Crippen LogP contribution < -0.4 is 20.5 Å². The van der Waals surface area contributed by atoms with Crippen LogP contribution >= 0.6 is 0 Å². The summed E-state index contributed by atoms with van der Waals surface area (Å²) in [5.74, 6) is 1.14. The monoisotopic (exact) mass is 597 g/mol. The standard InChI is InChI=1S/C36H47N5O3/c1-8-9-18-41(32-23-27-14-11-16-37-34(27)39-35(32)42)36(43)38-33-30(24(2)3)21-28(22-31(33)25(4)5)26-13-10-15-29(20-26)44-19-12-17-40(6)7/h10-11,13-16,20-25H,8-9,12,17-19H2,1-7H3,(H,38,43)(H,37,39,42). The average molecular weight is 598 g/mol. The van der Waals surface area contributed by atoms with E-state index in [1.54, 1.807) is 17.2 Å². The van der Waals surface area contributed by atoms with Gasteiger partial charge < -0.3 is 19.9 Å². The Morgan fingerprint density at radius 3 is 2.32 bits per heavy atom. The number of aromatic nitrogens is 2. The Bertz CT molecular complexity index is 1600. The number of amides is 2. The fraction of sp³-hybridized carbons (Fsp3) is 0.417. The van der Waals surface area contributed by atoms with Crippen molar-refractivity contribution in [3.63, 3.8) is 0 Å². The molecule has 0 saturated carbocycles. The normalized spacial score (nSPS) is 11.5. The number of benzene rings is 2. The van der Waals surface area contributed by atoms with Gasteiger partial charge in [0.05, 0.1) is 6.61 Å². The lowest BCUT2D eigenvalue weighted by atomic mass is 9.88. The van der Waals surface area contributed by atoms with E-state index in [0.717, 1.165) is 64.9 Å². The molecule has 0 aliphatic heterocycles. The van der Waals surface area contributed by atoms with Crippen LogP contribution in [0.3, 0.4) is 0 Å². The first kappa shape index (κ1) is 32.7. The third-order valence-corrected chi connectivity index (χ3v) is 7.73. The largest absolute Gasteiger partial charge is 0.494 e. The highest BCUT2D eigenvalue weighted by molar-refractivity contribution is 6.03. The molecule has 8 nitrogen and oxygen atoms in total. The molecule has 4 rings (SSSR count). The number of nitrogens with zero attached hydrogens (tertiary/aromatic N) is 3. The summed E-state index contributed by atoms with van der Waals surface area (Å²) in [5, 5.41) is 4.02. The van der Waals surface area contributed by atoms with Crippen molar-refractivity contribution in [2.75, 3.05) is 44.0 Å². The maximum atomic E-state index is 14.1. The Morgan fingerprint density at radius 2 is 1.66 bits per heavy atom. The number of pyridine rings is 2. The quantitative estimate of drug-likeness (QED) is 0.152. The molecule has 0 saturated heterocycles. The number of carbonyl (C=O) groups is 1. The summed E-state index contributed by atoms with van der Waals surface area (Å²) in [4.78, 5) is 38.0. The van der Waals surface area contributed by atoms with Crippen LogP contribution in [0.15, 0.2) is 65.6 Å². The predicted molar refractivity (Wildman–Crippen MR) is 182 cm³/mol. The van der Waals surface area contributed by atoms with Crippen LogP contribution in [0.2, 0.25) is 0 Å². The Labute approximate surface area is 261 Å². The van der Waals surface area contributed by atoms with Crippen molar-refractivity contribution >= 4 is 28.4 Å². The van der Waals surface area contributed by atoms with Gasteiger partial charge >= 0.3 is 6.03 Å². The van der Waals surface area contributed by atoms with Crippen LogP contribution in [0, 0.1) is 0 Å². The van der Waals surface area contributed by atoms with Gasteiger partial charge in [0.1, 0.15) is 17.1 Å². The molecular weight excluding hydrogens is 550 g/mol. The minimum atomic E-state index is -0.338. The first-order valence-corrected chi connectivity index (χ1v) is 15.7. The van der Waals surface area contributed by atoms with E-state index in [1.807, 2.05) is 24.3 Å². The topological polar surface area (TPSA) is 90.6 Å². The lowest BCUT2D eigenvalue weighted by Gasteiger charge is -2.27. The molecule has 0 radical (unpaired) electrons. The van der Waals surface area contributed by atoms with E-state index in [9.17, 15) is 9.59 Å². The van der Waals surface area contributed by atoms with Gasteiger partial charge in [-0.1, -0.05) is 53.2 Å². The predicted octanol–water partition coefficient (Wildman–Crippen LogP) is 8.01. The first-order chi connectivity index (χ1) is 21.1. The third kappa shape index (κ3) is 8.05.